The molecule has 0 spiro atoms. The molecule has 140 valence electrons. The van der Waals surface area contributed by atoms with E-state index >= 15 is 0 Å². The second-order valence-corrected chi connectivity index (χ2v) is 6.96. The van der Waals surface area contributed by atoms with Gasteiger partial charge in [-0.05, 0) is 41.8 Å². The minimum atomic E-state index is -0.0494. The summed E-state index contributed by atoms with van der Waals surface area (Å²) in [5, 5.41) is 2.99. The van der Waals surface area contributed by atoms with Gasteiger partial charge in [0.15, 0.2) is 0 Å². The van der Waals surface area contributed by atoms with Gasteiger partial charge < -0.3 is 20.0 Å². The summed E-state index contributed by atoms with van der Waals surface area (Å²) in [6.45, 7) is 1.22. The number of nitrogens with one attached hydrogen (secondary N) is 1. The topological polar surface area (TPSA) is 38.8 Å². The molecule has 0 aliphatic rings. The third kappa shape index (κ3) is 5.69. The largest absolute Gasteiger partial charge is 0.378 e. The molecule has 26 heavy (non-hydrogen) atoms. The van der Waals surface area contributed by atoms with Crippen molar-refractivity contribution >= 4 is 17.4 Å². The summed E-state index contributed by atoms with van der Waals surface area (Å²) in [5.74, 6) is 0. The molecule has 5 nitrogen and oxygen atoms in total. The lowest BCUT2D eigenvalue weighted by atomic mass is 10.1. The van der Waals surface area contributed by atoms with Gasteiger partial charge in [0.25, 0.3) is 0 Å². The summed E-state index contributed by atoms with van der Waals surface area (Å²) in [4.78, 5) is 18.1. The van der Waals surface area contributed by atoms with Gasteiger partial charge >= 0.3 is 6.03 Å². The smallest absolute Gasteiger partial charge is 0.317 e. The van der Waals surface area contributed by atoms with Gasteiger partial charge in [0, 0.05) is 59.7 Å². The summed E-state index contributed by atoms with van der Waals surface area (Å²) in [6.07, 6.45) is 0.824. The van der Waals surface area contributed by atoms with E-state index in [2.05, 4.69) is 63.6 Å². The first-order valence-corrected chi connectivity index (χ1v) is 8.88. The number of amides is 2. The maximum Gasteiger partial charge on any atom is 0.317 e. The quantitative estimate of drug-likeness (QED) is 0.830. The fourth-order valence-corrected chi connectivity index (χ4v) is 2.65. The number of urea groups is 1. The van der Waals surface area contributed by atoms with Crippen molar-refractivity contribution in [3.05, 3.63) is 59.7 Å². The van der Waals surface area contributed by atoms with Crippen LogP contribution < -0.4 is 15.1 Å². The average Bonchev–Trinajstić information content (AvgIpc) is 2.62. The SMILES string of the molecule is CN(Cc1ccc(N(C)C)cc1)C(=O)NCCc1ccc(N(C)C)cc1. The number of nitrogens with zero attached hydrogens (tertiary/aromatic N) is 3. The van der Waals surface area contributed by atoms with Gasteiger partial charge in [-0.3, -0.25) is 0 Å². The van der Waals surface area contributed by atoms with Crippen molar-refractivity contribution in [2.45, 2.75) is 13.0 Å². The maximum atomic E-state index is 12.3. The van der Waals surface area contributed by atoms with E-state index in [4.69, 9.17) is 0 Å². The second kappa shape index (κ2) is 9.13. The standard InChI is InChI=1S/C21H30N4O/c1-23(2)19-10-6-17(7-11-19)14-15-22-21(26)25(5)16-18-8-12-20(13-9-18)24(3)4/h6-13H,14-16H2,1-5H3,(H,22,26). The van der Waals surface area contributed by atoms with Crippen LogP contribution >= 0.6 is 0 Å². The summed E-state index contributed by atoms with van der Waals surface area (Å²) in [6, 6.07) is 16.6. The van der Waals surface area contributed by atoms with E-state index in [1.54, 1.807) is 4.90 Å². The van der Waals surface area contributed by atoms with Gasteiger partial charge in [-0.15, -0.1) is 0 Å². The number of benzene rings is 2. The first-order valence-electron chi connectivity index (χ1n) is 8.88. The van der Waals surface area contributed by atoms with Crippen molar-refractivity contribution < 1.29 is 4.79 Å². The van der Waals surface area contributed by atoms with Crippen LogP contribution in [-0.4, -0.2) is 52.7 Å². The normalized spacial score (nSPS) is 10.3. The van der Waals surface area contributed by atoms with Gasteiger partial charge in [-0.1, -0.05) is 24.3 Å². The molecule has 2 aromatic carbocycles. The van der Waals surface area contributed by atoms with Crippen LogP contribution in [0.5, 0.6) is 0 Å². The number of anilines is 2. The summed E-state index contributed by atoms with van der Waals surface area (Å²) in [5.41, 5.74) is 4.67. The van der Waals surface area contributed by atoms with Crippen LogP contribution in [0.15, 0.2) is 48.5 Å². The van der Waals surface area contributed by atoms with E-state index in [1.165, 1.54) is 11.3 Å². The average molecular weight is 354 g/mol. The Morgan fingerprint density at radius 1 is 0.769 bits per heavy atom. The number of carbonyl (C=O) groups excluding carboxylic acids is 1. The van der Waals surface area contributed by atoms with Crippen molar-refractivity contribution in [2.75, 3.05) is 51.6 Å². The monoisotopic (exact) mass is 354 g/mol. The lowest BCUT2D eigenvalue weighted by molar-refractivity contribution is 0.207. The van der Waals surface area contributed by atoms with Gasteiger partial charge in [-0.25, -0.2) is 4.79 Å². The van der Waals surface area contributed by atoms with Crippen molar-refractivity contribution in [2.24, 2.45) is 0 Å². The highest BCUT2D eigenvalue weighted by molar-refractivity contribution is 5.73. The predicted octanol–water partition coefficient (Wildman–Crippen LogP) is 3.20. The van der Waals surface area contributed by atoms with Crippen LogP contribution in [-0.2, 0) is 13.0 Å². The Morgan fingerprint density at radius 3 is 1.69 bits per heavy atom. The molecule has 2 aromatic rings. The highest BCUT2D eigenvalue weighted by atomic mass is 16.2. The van der Waals surface area contributed by atoms with Crippen LogP contribution in [0.3, 0.4) is 0 Å². The Balaban J connectivity index is 1.77. The lowest BCUT2D eigenvalue weighted by Crippen LogP contribution is -2.37. The molecule has 1 N–H and O–H groups in total. The summed E-state index contributed by atoms with van der Waals surface area (Å²) in [7, 11) is 9.91. The van der Waals surface area contributed by atoms with Crippen molar-refractivity contribution in [1.29, 1.82) is 0 Å². The zero-order chi connectivity index (χ0) is 19.1. The Labute approximate surface area is 157 Å². The van der Waals surface area contributed by atoms with E-state index in [9.17, 15) is 4.79 Å². The molecule has 2 rings (SSSR count). The highest BCUT2D eigenvalue weighted by Gasteiger charge is 2.08. The molecule has 5 heteroatoms. The van der Waals surface area contributed by atoms with Crippen LogP contribution in [0, 0.1) is 0 Å². The van der Waals surface area contributed by atoms with Crippen LogP contribution in [0.25, 0.3) is 0 Å². The van der Waals surface area contributed by atoms with Gasteiger partial charge in [0.1, 0.15) is 0 Å². The molecule has 0 fully saturated rings. The maximum absolute atomic E-state index is 12.3. The summed E-state index contributed by atoms with van der Waals surface area (Å²) < 4.78 is 0. The Morgan fingerprint density at radius 2 is 1.23 bits per heavy atom. The van der Waals surface area contributed by atoms with E-state index in [0.29, 0.717) is 13.1 Å². The minimum Gasteiger partial charge on any atom is -0.378 e. The van der Waals surface area contributed by atoms with Crippen molar-refractivity contribution in [3.63, 3.8) is 0 Å². The number of hydrogen-bond donors (Lipinski definition) is 1. The molecular weight excluding hydrogens is 324 g/mol. The van der Waals surface area contributed by atoms with Crippen LogP contribution in [0.4, 0.5) is 16.2 Å². The highest BCUT2D eigenvalue weighted by Crippen LogP contribution is 2.14. The van der Waals surface area contributed by atoms with E-state index in [0.717, 1.165) is 17.7 Å². The van der Waals surface area contributed by atoms with Crippen LogP contribution in [0.2, 0.25) is 0 Å². The lowest BCUT2D eigenvalue weighted by Gasteiger charge is -2.19. The number of hydrogen-bond acceptors (Lipinski definition) is 3. The van der Waals surface area contributed by atoms with Crippen molar-refractivity contribution in [3.8, 4) is 0 Å². The third-order valence-electron chi connectivity index (χ3n) is 4.36. The molecule has 0 aromatic heterocycles. The Hall–Kier alpha value is -2.69. The van der Waals surface area contributed by atoms with Crippen LogP contribution in [0.1, 0.15) is 11.1 Å². The van der Waals surface area contributed by atoms with E-state index < -0.39 is 0 Å². The van der Waals surface area contributed by atoms with E-state index in [1.807, 2.05) is 35.2 Å². The predicted molar refractivity (Wildman–Crippen MR) is 110 cm³/mol. The van der Waals surface area contributed by atoms with Crippen molar-refractivity contribution in [1.82, 2.24) is 10.2 Å². The van der Waals surface area contributed by atoms with Gasteiger partial charge in [0.05, 0.1) is 0 Å². The molecule has 0 aliphatic carbocycles. The van der Waals surface area contributed by atoms with Gasteiger partial charge in [0.2, 0.25) is 0 Å². The zero-order valence-corrected chi connectivity index (χ0v) is 16.5. The molecule has 0 aliphatic heterocycles. The minimum absolute atomic E-state index is 0.0494. The van der Waals surface area contributed by atoms with E-state index in [-0.39, 0.29) is 6.03 Å². The molecule has 0 atom stereocenters. The second-order valence-electron chi connectivity index (χ2n) is 6.96. The molecular formula is C21H30N4O. The molecule has 0 saturated carbocycles. The fraction of sp³-hybridized carbons (Fsp3) is 0.381. The molecule has 0 saturated heterocycles. The molecule has 0 heterocycles. The first-order chi connectivity index (χ1) is 12.4. The number of carbonyl (C=O) groups is 1. The summed E-state index contributed by atoms with van der Waals surface area (Å²) >= 11 is 0. The Kier molecular flexibility index (Phi) is 6.89. The number of rotatable bonds is 7. The van der Waals surface area contributed by atoms with Gasteiger partial charge in [-0.2, -0.15) is 0 Å². The third-order valence-corrected chi connectivity index (χ3v) is 4.36. The molecule has 0 unspecified atom stereocenters. The molecule has 0 bridgehead atoms. The first kappa shape index (κ1) is 19.6. The fourth-order valence-electron chi connectivity index (χ4n) is 2.65. The molecule has 0 radical (unpaired) electrons. The zero-order valence-electron chi connectivity index (χ0n) is 16.5. The Bertz CT molecular complexity index is 693. The molecule has 2 amide bonds.